The molecular weight excluding hydrogens is 292 g/mol. The molecule has 23 heavy (non-hydrogen) atoms. The van der Waals surface area contributed by atoms with Crippen molar-refractivity contribution in [2.75, 3.05) is 36.5 Å². The van der Waals surface area contributed by atoms with E-state index in [9.17, 15) is 4.79 Å². The molecule has 1 aromatic heterocycles. The maximum absolute atomic E-state index is 12.6. The van der Waals surface area contributed by atoms with Crippen molar-refractivity contribution in [3.63, 3.8) is 0 Å². The van der Waals surface area contributed by atoms with Crippen molar-refractivity contribution >= 4 is 17.4 Å². The largest absolute Gasteiger partial charge is 0.378 e. The smallest absolute Gasteiger partial charge is 0.259 e. The van der Waals surface area contributed by atoms with Crippen LogP contribution in [0.15, 0.2) is 42.6 Å². The van der Waals surface area contributed by atoms with Crippen molar-refractivity contribution in [2.45, 2.75) is 0 Å². The number of nitrogens with one attached hydrogen (secondary N) is 1. The summed E-state index contributed by atoms with van der Waals surface area (Å²) in [5.74, 6) is 0.450. The Labute approximate surface area is 134 Å². The van der Waals surface area contributed by atoms with Gasteiger partial charge in [-0.15, -0.1) is 0 Å². The van der Waals surface area contributed by atoms with E-state index in [1.54, 1.807) is 42.6 Å². The van der Waals surface area contributed by atoms with Gasteiger partial charge in [0.2, 0.25) is 0 Å². The van der Waals surface area contributed by atoms with E-state index in [1.807, 2.05) is 0 Å². The number of pyridine rings is 1. The van der Waals surface area contributed by atoms with Crippen LogP contribution in [0.4, 0.5) is 11.5 Å². The fourth-order valence-corrected chi connectivity index (χ4v) is 2.43. The van der Waals surface area contributed by atoms with Crippen molar-refractivity contribution in [3.8, 4) is 6.07 Å². The Bertz CT molecular complexity index is 731. The molecule has 1 aromatic carbocycles. The van der Waals surface area contributed by atoms with E-state index in [-0.39, 0.29) is 5.91 Å². The maximum Gasteiger partial charge on any atom is 0.259 e. The van der Waals surface area contributed by atoms with Gasteiger partial charge in [-0.05, 0) is 36.4 Å². The number of amides is 1. The Morgan fingerprint density at radius 3 is 2.65 bits per heavy atom. The first kappa shape index (κ1) is 15.0. The van der Waals surface area contributed by atoms with Gasteiger partial charge in [0.25, 0.3) is 5.91 Å². The van der Waals surface area contributed by atoms with Crippen molar-refractivity contribution in [1.29, 1.82) is 5.26 Å². The summed E-state index contributed by atoms with van der Waals surface area (Å²) in [6, 6.07) is 12.3. The lowest BCUT2D eigenvalue weighted by Crippen LogP contribution is -2.38. The summed E-state index contributed by atoms with van der Waals surface area (Å²) in [6.07, 6.45) is 1.68. The second-order valence-electron chi connectivity index (χ2n) is 5.12. The average molecular weight is 308 g/mol. The summed E-state index contributed by atoms with van der Waals surface area (Å²) in [7, 11) is 0. The van der Waals surface area contributed by atoms with Crippen molar-refractivity contribution in [2.24, 2.45) is 0 Å². The van der Waals surface area contributed by atoms with Crippen LogP contribution < -0.4 is 10.2 Å². The highest BCUT2D eigenvalue weighted by Gasteiger charge is 2.19. The van der Waals surface area contributed by atoms with Gasteiger partial charge in [0.05, 0.1) is 30.4 Å². The number of anilines is 2. The molecule has 6 heteroatoms. The lowest BCUT2D eigenvalue weighted by molar-refractivity contribution is 0.102. The Kier molecular flexibility index (Phi) is 4.50. The van der Waals surface area contributed by atoms with Gasteiger partial charge in [-0.3, -0.25) is 4.79 Å². The van der Waals surface area contributed by atoms with Gasteiger partial charge in [0, 0.05) is 25.0 Å². The van der Waals surface area contributed by atoms with Crippen LogP contribution >= 0.6 is 0 Å². The molecule has 0 radical (unpaired) electrons. The molecule has 2 heterocycles. The molecule has 0 bridgehead atoms. The summed E-state index contributed by atoms with van der Waals surface area (Å²) in [5, 5.41) is 11.7. The first-order valence-corrected chi connectivity index (χ1v) is 7.37. The number of rotatable bonds is 3. The van der Waals surface area contributed by atoms with Crippen LogP contribution in [0.3, 0.4) is 0 Å². The van der Waals surface area contributed by atoms with Crippen LogP contribution in [0.1, 0.15) is 15.9 Å². The Morgan fingerprint density at radius 1 is 1.22 bits per heavy atom. The first-order chi connectivity index (χ1) is 11.3. The lowest BCUT2D eigenvalue weighted by Gasteiger charge is -2.29. The zero-order valence-corrected chi connectivity index (χ0v) is 12.5. The molecule has 1 saturated heterocycles. The van der Waals surface area contributed by atoms with Crippen LogP contribution in [0.5, 0.6) is 0 Å². The number of nitriles is 1. The number of carbonyl (C=O) groups is 1. The predicted octanol–water partition coefficient (Wildman–Crippen LogP) is 2.04. The topological polar surface area (TPSA) is 78.2 Å². The molecule has 116 valence electrons. The van der Waals surface area contributed by atoms with E-state index in [1.165, 1.54) is 0 Å². The van der Waals surface area contributed by atoms with Gasteiger partial charge < -0.3 is 15.0 Å². The molecule has 2 aromatic rings. The van der Waals surface area contributed by atoms with Crippen LogP contribution in [0, 0.1) is 11.3 Å². The number of ether oxygens (including phenoxy) is 1. The van der Waals surface area contributed by atoms with Crippen LogP contribution in [-0.4, -0.2) is 37.2 Å². The number of carbonyl (C=O) groups excluding carboxylic acids is 1. The van der Waals surface area contributed by atoms with Gasteiger partial charge in [0.1, 0.15) is 5.82 Å². The van der Waals surface area contributed by atoms with Crippen LogP contribution in [0.2, 0.25) is 0 Å². The molecule has 1 amide bonds. The zero-order valence-electron chi connectivity index (χ0n) is 12.5. The van der Waals surface area contributed by atoms with Gasteiger partial charge in [-0.1, -0.05) is 0 Å². The minimum Gasteiger partial charge on any atom is -0.378 e. The third-order valence-corrected chi connectivity index (χ3v) is 3.61. The molecule has 1 aliphatic rings. The fourth-order valence-electron chi connectivity index (χ4n) is 2.43. The lowest BCUT2D eigenvalue weighted by atomic mass is 10.2. The molecule has 1 fully saturated rings. The van der Waals surface area contributed by atoms with E-state index in [2.05, 4.69) is 21.3 Å². The number of aromatic nitrogens is 1. The van der Waals surface area contributed by atoms with Crippen LogP contribution in [0.25, 0.3) is 0 Å². The first-order valence-electron chi connectivity index (χ1n) is 7.37. The minimum atomic E-state index is -0.218. The van der Waals surface area contributed by atoms with Gasteiger partial charge >= 0.3 is 0 Å². The molecule has 0 aliphatic carbocycles. The zero-order chi connectivity index (χ0) is 16.1. The van der Waals surface area contributed by atoms with Crippen molar-refractivity contribution in [3.05, 3.63) is 53.7 Å². The summed E-state index contributed by atoms with van der Waals surface area (Å²) in [4.78, 5) is 19.0. The summed E-state index contributed by atoms with van der Waals surface area (Å²) >= 11 is 0. The van der Waals surface area contributed by atoms with Gasteiger partial charge in [-0.25, -0.2) is 4.98 Å². The molecule has 1 aliphatic heterocycles. The molecule has 0 spiro atoms. The van der Waals surface area contributed by atoms with E-state index in [0.717, 1.165) is 0 Å². The third-order valence-electron chi connectivity index (χ3n) is 3.61. The van der Waals surface area contributed by atoms with E-state index < -0.39 is 0 Å². The van der Waals surface area contributed by atoms with E-state index in [0.29, 0.717) is 48.9 Å². The molecule has 0 saturated carbocycles. The molecule has 0 unspecified atom stereocenters. The van der Waals surface area contributed by atoms with E-state index >= 15 is 0 Å². The molecule has 6 nitrogen and oxygen atoms in total. The Hall–Kier alpha value is -2.91. The Morgan fingerprint density at radius 2 is 1.96 bits per heavy atom. The molecular formula is C17H16N4O2. The molecule has 3 rings (SSSR count). The highest BCUT2D eigenvalue weighted by molar-refractivity contribution is 6.07. The molecule has 1 N–H and O–H groups in total. The Balaban J connectivity index is 1.80. The number of benzene rings is 1. The highest BCUT2D eigenvalue weighted by atomic mass is 16.5. The van der Waals surface area contributed by atoms with Gasteiger partial charge in [-0.2, -0.15) is 5.26 Å². The fraction of sp³-hybridized carbons (Fsp3) is 0.235. The summed E-state index contributed by atoms with van der Waals surface area (Å²) in [6.45, 7) is 2.70. The molecule has 0 atom stereocenters. The van der Waals surface area contributed by atoms with Crippen molar-refractivity contribution in [1.82, 2.24) is 4.98 Å². The normalized spacial score (nSPS) is 14.1. The number of hydrogen-bond donors (Lipinski definition) is 1. The monoisotopic (exact) mass is 308 g/mol. The number of nitrogens with zero attached hydrogens (tertiary/aromatic N) is 3. The second-order valence-corrected chi connectivity index (χ2v) is 5.12. The number of hydrogen-bond acceptors (Lipinski definition) is 5. The summed E-state index contributed by atoms with van der Waals surface area (Å²) < 4.78 is 5.34. The maximum atomic E-state index is 12.6. The summed E-state index contributed by atoms with van der Waals surface area (Å²) in [5.41, 5.74) is 1.72. The van der Waals surface area contributed by atoms with Crippen LogP contribution in [-0.2, 0) is 4.74 Å². The predicted molar refractivity (Wildman–Crippen MR) is 86.4 cm³/mol. The standard InChI is InChI=1S/C17H16N4O2/c18-12-13-3-5-14(6-4-13)20-17(22)15-2-1-7-19-16(15)21-8-10-23-11-9-21/h1-7H,8-11H2,(H,20,22). The minimum absolute atomic E-state index is 0.218. The quantitative estimate of drug-likeness (QED) is 0.939. The SMILES string of the molecule is N#Cc1ccc(NC(=O)c2cccnc2N2CCOCC2)cc1. The average Bonchev–Trinajstić information content (AvgIpc) is 2.63. The number of morpholine rings is 1. The third kappa shape index (κ3) is 3.47. The van der Waals surface area contributed by atoms with Crippen molar-refractivity contribution < 1.29 is 9.53 Å². The second kappa shape index (κ2) is 6.90. The highest BCUT2D eigenvalue weighted by Crippen LogP contribution is 2.20. The van der Waals surface area contributed by atoms with E-state index in [4.69, 9.17) is 10.00 Å². The van der Waals surface area contributed by atoms with Gasteiger partial charge in [0.15, 0.2) is 0 Å².